The number of aromatic nitrogens is 2. The third-order valence-electron chi connectivity index (χ3n) is 6.40. The lowest BCUT2D eigenvalue weighted by molar-refractivity contribution is -0.131. The van der Waals surface area contributed by atoms with Gasteiger partial charge in [-0.15, -0.1) is 11.6 Å². The average molecular weight is 482 g/mol. The molecule has 6 heteroatoms. The summed E-state index contributed by atoms with van der Waals surface area (Å²) in [5.74, 6) is 0.203. The third-order valence-corrected chi connectivity index (χ3v) is 6.84. The van der Waals surface area contributed by atoms with Crippen LogP contribution in [0, 0.1) is 0 Å². The molecule has 1 aromatic heterocycles. The average Bonchev–Trinajstić information content (AvgIpc) is 2.91. The van der Waals surface area contributed by atoms with Gasteiger partial charge < -0.3 is 4.90 Å². The topological polar surface area (TPSA) is 55.2 Å². The van der Waals surface area contributed by atoms with Crippen LogP contribution in [0.1, 0.15) is 29.7 Å². The van der Waals surface area contributed by atoms with E-state index in [1.165, 1.54) is 0 Å². The van der Waals surface area contributed by atoms with Gasteiger partial charge in [0.2, 0.25) is 5.91 Å². The van der Waals surface area contributed by atoms with E-state index in [0.717, 1.165) is 16.3 Å². The molecular weight excluding hydrogens is 458 g/mol. The fourth-order valence-electron chi connectivity index (χ4n) is 4.30. The van der Waals surface area contributed by atoms with Crippen molar-refractivity contribution in [1.29, 1.82) is 0 Å². The molecule has 0 bridgehead atoms. The Bertz CT molecular complexity index is 1600. The maximum absolute atomic E-state index is 13.7. The summed E-state index contributed by atoms with van der Waals surface area (Å²) in [5, 5.41) is 1.76. The highest BCUT2D eigenvalue weighted by Gasteiger charge is 2.28. The first-order valence-corrected chi connectivity index (χ1v) is 11.9. The highest BCUT2D eigenvalue weighted by atomic mass is 35.5. The maximum atomic E-state index is 13.7. The maximum Gasteiger partial charge on any atom is 0.266 e. The fourth-order valence-corrected chi connectivity index (χ4v) is 4.60. The van der Waals surface area contributed by atoms with Gasteiger partial charge in [-0.2, -0.15) is 0 Å². The molecule has 5 nitrogen and oxygen atoms in total. The van der Waals surface area contributed by atoms with Gasteiger partial charge in [0, 0.05) is 7.05 Å². The highest BCUT2D eigenvalue weighted by Crippen LogP contribution is 2.28. The molecule has 0 aliphatic carbocycles. The fraction of sp³-hybridized carbons (Fsp3) is 0.138. The van der Waals surface area contributed by atoms with Crippen LogP contribution in [-0.2, 0) is 4.79 Å². The van der Waals surface area contributed by atoms with Gasteiger partial charge in [0.05, 0.1) is 22.6 Å². The van der Waals surface area contributed by atoms with Crippen molar-refractivity contribution in [2.75, 3.05) is 7.05 Å². The van der Waals surface area contributed by atoms with E-state index in [-0.39, 0.29) is 11.5 Å². The first-order valence-electron chi connectivity index (χ1n) is 11.4. The molecular formula is C29H24ClN3O2. The van der Waals surface area contributed by atoms with Crippen molar-refractivity contribution >= 4 is 39.2 Å². The molecule has 0 aliphatic rings. The van der Waals surface area contributed by atoms with Gasteiger partial charge in [-0.05, 0) is 47.5 Å². The molecule has 174 valence electrons. The number of likely N-dealkylation sites (N-methyl/N-ethyl adjacent to an activating group) is 1. The van der Waals surface area contributed by atoms with E-state index in [4.69, 9.17) is 16.6 Å². The zero-order valence-electron chi connectivity index (χ0n) is 19.4. The summed E-state index contributed by atoms with van der Waals surface area (Å²) in [6, 6.07) is 29.8. The summed E-state index contributed by atoms with van der Waals surface area (Å²) in [6.07, 6.45) is 0. The first-order chi connectivity index (χ1) is 17.0. The van der Waals surface area contributed by atoms with Crippen LogP contribution in [0.3, 0.4) is 0 Å². The van der Waals surface area contributed by atoms with Crippen molar-refractivity contribution in [3.8, 4) is 5.69 Å². The SMILES string of the molecule is CC(c1nc2ccccc2c(=O)n1-c1ccc2ccccc2c1)N(C)C(=O)C(Cl)c1ccccc1. The number of para-hydroxylation sites is 1. The first kappa shape index (κ1) is 22.8. The van der Waals surface area contributed by atoms with Gasteiger partial charge in [-0.3, -0.25) is 14.2 Å². The molecule has 2 unspecified atom stereocenters. The Hall–Kier alpha value is -3.96. The molecule has 1 amide bonds. The number of carbonyl (C=O) groups excluding carboxylic acids is 1. The van der Waals surface area contributed by atoms with E-state index >= 15 is 0 Å². The largest absolute Gasteiger partial charge is 0.334 e. The van der Waals surface area contributed by atoms with E-state index in [0.29, 0.717) is 22.4 Å². The number of hydrogen-bond acceptors (Lipinski definition) is 3. The van der Waals surface area contributed by atoms with Crippen LogP contribution in [0.5, 0.6) is 0 Å². The van der Waals surface area contributed by atoms with Crippen LogP contribution in [0.25, 0.3) is 27.4 Å². The number of alkyl halides is 1. The van der Waals surface area contributed by atoms with E-state index in [1.54, 1.807) is 22.6 Å². The summed E-state index contributed by atoms with van der Waals surface area (Å²) in [6.45, 7) is 1.86. The van der Waals surface area contributed by atoms with Crippen LogP contribution in [0.15, 0.2) is 102 Å². The normalized spacial score (nSPS) is 13.0. The Morgan fingerprint density at radius 2 is 1.54 bits per heavy atom. The zero-order valence-corrected chi connectivity index (χ0v) is 20.2. The van der Waals surface area contributed by atoms with E-state index in [2.05, 4.69) is 0 Å². The molecule has 0 spiro atoms. The number of amides is 1. The van der Waals surface area contributed by atoms with Crippen molar-refractivity contribution in [2.45, 2.75) is 18.3 Å². The molecule has 0 saturated heterocycles. The molecule has 4 aromatic carbocycles. The molecule has 0 saturated carbocycles. The predicted octanol–water partition coefficient (Wildman–Crippen LogP) is 6.04. The van der Waals surface area contributed by atoms with Gasteiger partial charge >= 0.3 is 0 Å². The number of benzene rings is 4. The Balaban J connectivity index is 1.64. The number of nitrogens with zero attached hydrogens (tertiary/aromatic N) is 3. The quantitative estimate of drug-likeness (QED) is 0.288. The number of halogens is 1. The van der Waals surface area contributed by atoms with Crippen LogP contribution >= 0.6 is 11.6 Å². The second kappa shape index (κ2) is 9.35. The third kappa shape index (κ3) is 4.19. The van der Waals surface area contributed by atoms with Crippen LogP contribution < -0.4 is 5.56 Å². The lowest BCUT2D eigenvalue weighted by Gasteiger charge is -2.28. The Morgan fingerprint density at radius 1 is 0.886 bits per heavy atom. The number of carbonyl (C=O) groups is 1. The second-order valence-corrected chi connectivity index (χ2v) is 8.99. The molecule has 0 radical (unpaired) electrons. The number of rotatable bonds is 5. The number of hydrogen-bond donors (Lipinski definition) is 0. The van der Waals surface area contributed by atoms with Crippen molar-refractivity contribution in [3.05, 3.63) is 119 Å². The van der Waals surface area contributed by atoms with Crippen molar-refractivity contribution in [1.82, 2.24) is 14.5 Å². The van der Waals surface area contributed by atoms with Crippen molar-refractivity contribution < 1.29 is 4.79 Å². The molecule has 0 aliphatic heterocycles. The molecule has 35 heavy (non-hydrogen) atoms. The molecule has 1 heterocycles. The van der Waals surface area contributed by atoms with Crippen molar-refractivity contribution in [3.63, 3.8) is 0 Å². The molecule has 5 rings (SSSR count). The second-order valence-electron chi connectivity index (χ2n) is 8.56. The van der Waals surface area contributed by atoms with Crippen LogP contribution in [0.2, 0.25) is 0 Å². The Labute approximate surface area is 208 Å². The van der Waals surface area contributed by atoms with Crippen LogP contribution in [-0.4, -0.2) is 27.4 Å². The van der Waals surface area contributed by atoms with E-state index in [9.17, 15) is 9.59 Å². The smallest absolute Gasteiger partial charge is 0.266 e. The van der Waals surface area contributed by atoms with Crippen molar-refractivity contribution in [2.24, 2.45) is 0 Å². The van der Waals surface area contributed by atoms with Gasteiger partial charge in [0.1, 0.15) is 11.2 Å². The molecule has 0 N–H and O–H groups in total. The number of fused-ring (bicyclic) bond motifs is 2. The van der Waals surface area contributed by atoms with E-state index in [1.807, 2.05) is 97.9 Å². The van der Waals surface area contributed by atoms with E-state index < -0.39 is 11.4 Å². The monoisotopic (exact) mass is 481 g/mol. The van der Waals surface area contributed by atoms with Gasteiger partial charge in [0.25, 0.3) is 5.56 Å². The lowest BCUT2D eigenvalue weighted by atomic mass is 10.1. The summed E-state index contributed by atoms with van der Waals surface area (Å²) in [7, 11) is 1.69. The predicted molar refractivity (Wildman–Crippen MR) is 141 cm³/mol. The van der Waals surface area contributed by atoms with Gasteiger partial charge in [-0.25, -0.2) is 4.98 Å². The van der Waals surface area contributed by atoms with Gasteiger partial charge in [-0.1, -0.05) is 72.8 Å². The zero-order chi connectivity index (χ0) is 24.5. The lowest BCUT2D eigenvalue weighted by Crippen LogP contribution is -2.36. The Morgan fingerprint density at radius 3 is 2.31 bits per heavy atom. The standard InChI is InChI=1S/C29H24ClN3O2/c1-19(32(2)29(35)26(30)21-11-4-3-5-12-21)27-31-25-15-9-8-14-24(25)28(34)33(27)23-17-16-20-10-6-7-13-22(20)18-23/h3-19,26H,1-2H3. The molecule has 5 aromatic rings. The highest BCUT2D eigenvalue weighted by molar-refractivity contribution is 6.30. The minimum atomic E-state index is -0.843. The Kier molecular flexibility index (Phi) is 6.10. The van der Waals surface area contributed by atoms with Gasteiger partial charge in [0.15, 0.2) is 0 Å². The summed E-state index contributed by atoms with van der Waals surface area (Å²) >= 11 is 6.55. The molecule has 2 atom stereocenters. The minimum absolute atomic E-state index is 0.181. The minimum Gasteiger partial charge on any atom is -0.334 e. The summed E-state index contributed by atoms with van der Waals surface area (Å²) in [5.41, 5.74) is 1.82. The molecule has 0 fully saturated rings. The van der Waals surface area contributed by atoms with Crippen LogP contribution in [0.4, 0.5) is 0 Å². The summed E-state index contributed by atoms with van der Waals surface area (Å²) in [4.78, 5) is 33.4. The summed E-state index contributed by atoms with van der Waals surface area (Å²) < 4.78 is 1.61.